The van der Waals surface area contributed by atoms with E-state index in [1.807, 2.05) is 13.8 Å². The van der Waals surface area contributed by atoms with E-state index in [4.69, 9.17) is 16.2 Å². The van der Waals surface area contributed by atoms with E-state index in [1.54, 1.807) is 12.1 Å². The van der Waals surface area contributed by atoms with Gasteiger partial charge in [0, 0.05) is 12.1 Å². The van der Waals surface area contributed by atoms with Gasteiger partial charge in [-0.25, -0.2) is 0 Å². The van der Waals surface area contributed by atoms with Gasteiger partial charge in [-0.1, -0.05) is 13.8 Å². The first-order valence-electron chi connectivity index (χ1n) is 6.39. The number of hydrogen-bond donors (Lipinski definition) is 3. The van der Waals surface area contributed by atoms with Crippen LogP contribution in [-0.2, 0) is 4.79 Å². The molecule has 1 aromatic rings. The quantitative estimate of drug-likeness (QED) is 0.720. The predicted octanol–water partition coefficient (Wildman–Crippen LogP) is 0.963. The van der Waals surface area contributed by atoms with E-state index in [0.717, 1.165) is 0 Å². The monoisotopic (exact) mass is 279 g/mol. The minimum Gasteiger partial charge on any atom is -0.495 e. The molecule has 6 heteroatoms. The second-order valence-corrected chi connectivity index (χ2v) is 4.85. The Morgan fingerprint density at radius 2 is 2.00 bits per heavy atom. The van der Waals surface area contributed by atoms with E-state index in [1.165, 1.54) is 13.2 Å². The predicted molar refractivity (Wildman–Crippen MR) is 77.5 cm³/mol. The molecule has 1 unspecified atom stereocenters. The Labute approximate surface area is 118 Å². The summed E-state index contributed by atoms with van der Waals surface area (Å²) in [6, 6.07) is 4.62. The van der Waals surface area contributed by atoms with Crippen LogP contribution in [0.3, 0.4) is 0 Å². The fourth-order valence-corrected chi connectivity index (χ4v) is 1.87. The average Bonchev–Trinajstić information content (AvgIpc) is 2.38. The Kier molecular flexibility index (Phi) is 5.52. The molecule has 0 heterocycles. The van der Waals surface area contributed by atoms with Gasteiger partial charge in [0.25, 0.3) is 0 Å². The molecule has 0 saturated heterocycles. The van der Waals surface area contributed by atoms with Gasteiger partial charge < -0.3 is 21.5 Å². The molecule has 0 spiro atoms. The molecular weight excluding hydrogens is 258 g/mol. The summed E-state index contributed by atoms with van der Waals surface area (Å²) in [5, 5.41) is 2.74. The second kappa shape index (κ2) is 6.91. The van der Waals surface area contributed by atoms with Crippen LogP contribution in [0.4, 0.5) is 5.69 Å². The standard InChI is InChI=1S/C14H21N3O3/c1-8(2)10(7-15)14(19)17-11-6-9(13(16)18)4-5-12(11)20-3/h4-6,8,10H,7,15H2,1-3H3,(H2,16,18)(H,17,19). The third kappa shape index (κ3) is 3.71. The fourth-order valence-electron chi connectivity index (χ4n) is 1.87. The molecule has 2 amide bonds. The molecule has 110 valence electrons. The largest absolute Gasteiger partial charge is 0.495 e. The highest BCUT2D eigenvalue weighted by Crippen LogP contribution is 2.26. The molecule has 0 radical (unpaired) electrons. The normalized spacial score (nSPS) is 12.1. The number of carbonyl (C=O) groups excluding carboxylic acids is 2. The van der Waals surface area contributed by atoms with E-state index in [2.05, 4.69) is 5.32 Å². The van der Waals surface area contributed by atoms with Gasteiger partial charge in [0.15, 0.2) is 0 Å². The van der Waals surface area contributed by atoms with Gasteiger partial charge in [-0.15, -0.1) is 0 Å². The summed E-state index contributed by atoms with van der Waals surface area (Å²) in [7, 11) is 1.48. The van der Waals surface area contributed by atoms with E-state index in [9.17, 15) is 9.59 Å². The van der Waals surface area contributed by atoms with Crippen LogP contribution in [0.25, 0.3) is 0 Å². The summed E-state index contributed by atoms with van der Waals surface area (Å²) in [6.45, 7) is 4.10. The third-order valence-corrected chi connectivity index (χ3v) is 3.14. The van der Waals surface area contributed by atoms with Crippen molar-refractivity contribution in [2.45, 2.75) is 13.8 Å². The van der Waals surface area contributed by atoms with Crippen LogP contribution in [0.5, 0.6) is 5.75 Å². The molecule has 0 aromatic heterocycles. The zero-order valence-corrected chi connectivity index (χ0v) is 12.0. The highest BCUT2D eigenvalue weighted by Gasteiger charge is 2.21. The number of rotatable bonds is 6. The molecule has 6 nitrogen and oxygen atoms in total. The lowest BCUT2D eigenvalue weighted by Crippen LogP contribution is -2.33. The molecule has 0 aliphatic carbocycles. The molecule has 20 heavy (non-hydrogen) atoms. The number of carbonyl (C=O) groups is 2. The van der Waals surface area contributed by atoms with Crippen LogP contribution in [0.1, 0.15) is 24.2 Å². The van der Waals surface area contributed by atoms with Crippen LogP contribution >= 0.6 is 0 Å². The summed E-state index contributed by atoms with van der Waals surface area (Å²) < 4.78 is 5.16. The number of ether oxygens (including phenoxy) is 1. The molecule has 0 aliphatic heterocycles. The lowest BCUT2D eigenvalue weighted by Gasteiger charge is -2.19. The minimum absolute atomic E-state index is 0.116. The Morgan fingerprint density at radius 1 is 1.35 bits per heavy atom. The number of primary amides is 1. The maximum atomic E-state index is 12.2. The van der Waals surface area contributed by atoms with Crippen molar-refractivity contribution in [3.63, 3.8) is 0 Å². The number of anilines is 1. The van der Waals surface area contributed by atoms with Crippen LogP contribution in [0.2, 0.25) is 0 Å². The highest BCUT2D eigenvalue weighted by molar-refractivity contribution is 5.98. The van der Waals surface area contributed by atoms with Crippen molar-refractivity contribution in [1.82, 2.24) is 0 Å². The molecule has 0 saturated carbocycles. The van der Waals surface area contributed by atoms with Crippen molar-refractivity contribution in [3.8, 4) is 5.75 Å². The van der Waals surface area contributed by atoms with Gasteiger partial charge >= 0.3 is 0 Å². The zero-order chi connectivity index (χ0) is 15.3. The Morgan fingerprint density at radius 3 is 2.45 bits per heavy atom. The lowest BCUT2D eigenvalue weighted by atomic mass is 9.95. The molecule has 1 aromatic carbocycles. The first kappa shape index (κ1) is 16.0. The molecule has 1 atom stereocenters. The summed E-state index contributed by atoms with van der Waals surface area (Å²) >= 11 is 0. The van der Waals surface area contributed by atoms with Crippen molar-refractivity contribution in [3.05, 3.63) is 23.8 Å². The van der Waals surface area contributed by atoms with Crippen LogP contribution in [0.15, 0.2) is 18.2 Å². The van der Waals surface area contributed by atoms with Crippen molar-refractivity contribution in [1.29, 1.82) is 0 Å². The van der Waals surface area contributed by atoms with Gasteiger partial charge in [0.2, 0.25) is 11.8 Å². The Bertz CT molecular complexity index is 500. The van der Waals surface area contributed by atoms with E-state index in [-0.39, 0.29) is 24.3 Å². The highest BCUT2D eigenvalue weighted by atomic mass is 16.5. The van der Waals surface area contributed by atoms with Gasteiger partial charge in [0.05, 0.1) is 18.7 Å². The zero-order valence-electron chi connectivity index (χ0n) is 12.0. The minimum atomic E-state index is -0.567. The molecule has 5 N–H and O–H groups in total. The summed E-state index contributed by atoms with van der Waals surface area (Å²) in [5.74, 6) is -0.505. The molecular formula is C14H21N3O3. The molecule has 0 aliphatic rings. The second-order valence-electron chi connectivity index (χ2n) is 4.85. The van der Waals surface area contributed by atoms with Crippen LogP contribution in [0, 0.1) is 11.8 Å². The summed E-state index contributed by atoms with van der Waals surface area (Å²) in [6.07, 6.45) is 0. The third-order valence-electron chi connectivity index (χ3n) is 3.14. The molecule has 0 bridgehead atoms. The smallest absolute Gasteiger partial charge is 0.248 e. The lowest BCUT2D eigenvalue weighted by molar-refractivity contribution is -0.120. The van der Waals surface area contributed by atoms with Crippen molar-refractivity contribution < 1.29 is 14.3 Å². The van der Waals surface area contributed by atoms with E-state index >= 15 is 0 Å². The topological polar surface area (TPSA) is 107 Å². The summed E-state index contributed by atoms with van der Waals surface area (Å²) in [5.41, 5.74) is 11.5. The van der Waals surface area contributed by atoms with Crippen molar-refractivity contribution in [2.24, 2.45) is 23.3 Å². The Balaban J connectivity index is 3.03. The van der Waals surface area contributed by atoms with Crippen molar-refractivity contribution >= 4 is 17.5 Å². The number of nitrogens with two attached hydrogens (primary N) is 2. The number of methoxy groups -OCH3 is 1. The maximum Gasteiger partial charge on any atom is 0.248 e. The number of amides is 2. The molecule has 0 fully saturated rings. The first-order chi connectivity index (χ1) is 9.40. The van der Waals surface area contributed by atoms with Crippen LogP contribution < -0.4 is 21.5 Å². The number of benzene rings is 1. The Hall–Kier alpha value is -2.08. The average molecular weight is 279 g/mol. The SMILES string of the molecule is COc1ccc(C(N)=O)cc1NC(=O)C(CN)C(C)C. The van der Waals surface area contributed by atoms with Gasteiger partial charge in [0.1, 0.15) is 5.75 Å². The summed E-state index contributed by atoms with van der Waals surface area (Å²) in [4.78, 5) is 23.4. The van der Waals surface area contributed by atoms with Gasteiger partial charge in [-0.3, -0.25) is 9.59 Å². The fraction of sp³-hybridized carbons (Fsp3) is 0.429. The van der Waals surface area contributed by atoms with E-state index < -0.39 is 5.91 Å². The van der Waals surface area contributed by atoms with E-state index in [0.29, 0.717) is 17.0 Å². The number of hydrogen-bond acceptors (Lipinski definition) is 4. The number of nitrogens with one attached hydrogen (secondary N) is 1. The van der Waals surface area contributed by atoms with Crippen molar-refractivity contribution in [2.75, 3.05) is 19.0 Å². The van der Waals surface area contributed by atoms with Gasteiger partial charge in [-0.2, -0.15) is 0 Å². The first-order valence-corrected chi connectivity index (χ1v) is 6.39. The van der Waals surface area contributed by atoms with Gasteiger partial charge in [-0.05, 0) is 24.1 Å². The molecule has 1 rings (SSSR count). The maximum absolute atomic E-state index is 12.2. The van der Waals surface area contributed by atoms with Crippen LogP contribution in [-0.4, -0.2) is 25.5 Å².